The summed E-state index contributed by atoms with van der Waals surface area (Å²) in [6.07, 6.45) is 0. The van der Waals surface area contributed by atoms with Crippen molar-refractivity contribution in [2.75, 3.05) is 6.61 Å². The summed E-state index contributed by atoms with van der Waals surface area (Å²) in [4.78, 5) is 0. The van der Waals surface area contributed by atoms with Crippen LogP contribution >= 0.6 is 0 Å². The van der Waals surface area contributed by atoms with E-state index in [9.17, 15) is 0 Å². The van der Waals surface area contributed by atoms with Crippen LogP contribution in [0.2, 0.25) is 39.3 Å². The zero-order valence-corrected chi connectivity index (χ0v) is 12.6. The van der Waals surface area contributed by atoms with E-state index in [-0.39, 0.29) is 0 Å². The molecule has 0 N–H and O–H groups in total. The Hall–Kier alpha value is -0.226. The molecule has 0 aromatic heterocycles. The topological polar surface area (TPSA) is 18.5 Å². The first kappa shape index (κ1) is 13.8. The quantitative estimate of drug-likeness (QED) is 0.533. The van der Waals surface area contributed by atoms with Crippen LogP contribution in [0, 0.1) is 0 Å². The predicted octanol–water partition coefficient (Wildman–Crippen LogP) is 3.59. The fourth-order valence-corrected chi connectivity index (χ4v) is 2.59. The lowest BCUT2D eigenvalue weighted by Gasteiger charge is -2.23. The third-order valence-corrected chi connectivity index (χ3v) is 3.16. The van der Waals surface area contributed by atoms with Crippen LogP contribution in [0.25, 0.3) is 0 Å². The number of hydrogen-bond donors (Lipinski definition) is 0. The van der Waals surface area contributed by atoms with E-state index in [0.29, 0.717) is 6.61 Å². The van der Waals surface area contributed by atoms with Gasteiger partial charge in [-0.1, -0.05) is 19.6 Å². The van der Waals surface area contributed by atoms with E-state index in [4.69, 9.17) is 9.16 Å². The molecule has 0 amide bonds. The number of rotatable bonds is 5. The van der Waals surface area contributed by atoms with Gasteiger partial charge < -0.3 is 9.16 Å². The van der Waals surface area contributed by atoms with Gasteiger partial charge in [0.15, 0.2) is 0 Å². The van der Waals surface area contributed by atoms with E-state index in [2.05, 4.69) is 45.0 Å². The molecule has 14 heavy (non-hydrogen) atoms. The standard InChI is InChI=1S/C10H24O2Si2/c1-8-11-10(9-13(2,3)4)12-14(5,6)7/h9H,8H2,1-7H3. The molecule has 0 aliphatic rings. The maximum Gasteiger partial charge on any atom is 0.256 e. The van der Waals surface area contributed by atoms with Gasteiger partial charge in [-0.15, -0.1) is 0 Å². The largest absolute Gasteiger partial charge is 0.520 e. The summed E-state index contributed by atoms with van der Waals surface area (Å²) < 4.78 is 11.4. The third kappa shape index (κ3) is 8.38. The van der Waals surface area contributed by atoms with Gasteiger partial charge in [-0.05, 0) is 32.3 Å². The van der Waals surface area contributed by atoms with Crippen molar-refractivity contribution in [3.8, 4) is 0 Å². The summed E-state index contributed by atoms with van der Waals surface area (Å²) in [5, 5.41) is 0. The van der Waals surface area contributed by atoms with Gasteiger partial charge >= 0.3 is 0 Å². The van der Waals surface area contributed by atoms with Gasteiger partial charge in [0.1, 0.15) is 0 Å². The molecule has 0 aromatic rings. The van der Waals surface area contributed by atoms with Gasteiger partial charge in [-0.2, -0.15) is 0 Å². The summed E-state index contributed by atoms with van der Waals surface area (Å²) in [7, 11) is -2.78. The van der Waals surface area contributed by atoms with E-state index >= 15 is 0 Å². The molecule has 0 bridgehead atoms. The zero-order valence-electron chi connectivity index (χ0n) is 10.6. The highest BCUT2D eigenvalue weighted by atomic mass is 28.4. The number of hydrogen-bond acceptors (Lipinski definition) is 2. The van der Waals surface area contributed by atoms with E-state index in [0.717, 1.165) is 5.95 Å². The molecule has 0 saturated carbocycles. The summed E-state index contributed by atoms with van der Waals surface area (Å²) in [6, 6.07) is 0. The van der Waals surface area contributed by atoms with Gasteiger partial charge in [0.25, 0.3) is 5.95 Å². The Morgan fingerprint density at radius 1 is 1.07 bits per heavy atom. The monoisotopic (exact) mass is 232 g/mol. The Bertz CT molecular complexity index is 199. The zero-order chi connectivity index (χ0) is 11.4. The van der Waals surface area contributed by atoms with Crippen molar-refractivity contribution in [2.45, 2.75) is 46.2 Å². The van der Waals surface area contributed by atoms with Crippen LogP contribution in [0.4, 0.5) is 0 Å². The molecule has 0 aromatic carbocycles. The molecule has 4 heteroatoms. The van der Waals surface area contributed by atoms with Gasteiger partial charge in [0, 0.05) is 0 Å². The fourth-order valence-electron chi connectivity index (χ4n) is 0.898. The smallest absolute Gasteiger partial charge is 0.256 e. The van der Waals surface area contributed by atoms with Gasteiger partial charge in [0.05, 0.1) is 14.7 Å². The molecule has 0 heterocycles. The summed E-state index contributed by atoms with van der Waals surface area (Å²) in [5.41, 5.74) is 2.19. The summed E-state index contributed by atoms with van der Waals surface area (Å²) >= 11 is 0. The molecule has 0 fully saturated rings. The van der Waals surface area contributed by atoms with Crippen molar-refractivity contribution in [1.82, 2.24) is 0 Å². The Morgan fingerprint density at radius 2 is 1.57 bits per heavy atom. The Morgan fingerprint density at radius 3 is 1.86 bits per heavy atom. The molecule has 0 unspecified atom stereocenters. The van der Waals surface area contributed by atoms with Crippen LogP contribution in [-0.2, 0) is 9.16 Å². The average Bonchev–Trinajstić information content (AvgIpc) is 1.78. The van der Waals surface area contributed by atoms with Crippen molar-refractivity contribution in [2.24, 2.45) is 0 Å². The highest BCUT2D eigenvalue weighted by Crippen LogP contribution is 2.15. The highest BCUT2D eigenvalue weighted by Gasteiger charge is 2.21. The molecule has 0 saturated heterocycles. The second-order valence-electron chi connectivity index (χ2n) is 5.48. The number of ether oxygens (including phenoxy) is 1. The molecule has 2 nitrogen and oxygen atoms in total. The van der Waals surface area contributed by atoms with E-state index in [1.54, 1.807) is 0 Å². The molecule has 84 valence electrons. The lowest BCUT2D eigenvalue weighted by molar-refractivity contribution is 0.113. The lowest BCUT2D eigenvalue weighted by atomic mass is 10.8. The van der Waals surface area contributed by atoms with E-state index in [1.165, 1.54) is 0 Å². The minimum atomic E-state index is -1.53. The first-order valence-electron chi connectivity index (χ1n) is 5.19. The molecule has 0 spiro atoms. The Kier molecular flexibility index (Phi) is 4.94. The van der Waals surface area contributed by atoms with Crippen LogP contribution in [0.5, 0.6) is 0 Å². The molecule has 0 atom stereocenters. The molecule has 0 radical (unpaired) electrons. The minimum absolute atomic E-state index is 0.681. The second-order valence-corrected chi connectivity index (χ2v) is 14.9. The van der Waals surface area contributed by atoms with Crippen molar-refractivity contribution in [3.05, 3.63) is 11.6 Å². The van der Waals surface area contributed by atoms with Crippen molar-refractivity contribution in [3.63, 3.8) is 0 Å². The van der Waals surface area contributed by atoms with E-state index in [1.807, 2.05) is 6.92 Å². The molecular weight excluding hydrogens is 208 g/mol. The van der Waals surface area contributed by atoms with Gasteiger partial charge in [0.2, 0.25) is 8.32 Å². The minimum Gasteiger partial charge on any atom is -0.520 e. The summed E-state index contributed by atoms with van der Waals surface area (Å²) in [5.74, 6) is 0.755. The Labute approximate surface area is 90.4 Å². The van der Waals surface area contributed by atoms with Gasteiger partial charge in [-0.3, -0.25) is 0 Å². The fraction of sp³-hybridized carbons (Fsp3) is 0.800. The molecular formula is C10H24O2Si2. The van der Waals surface area contributed by atoms with Crippen LogP contribution in [-0.4, -0.2) is 23.0 Å². The Balaban J connectivity index is 4.53. The van der Waals surface area contributed by atoms with Crippen molar-refractivity contribution in [1.29, 1.82) is 0 Å². The van der Waals surface area contributed by atoms with Crippen LogP contribution in [0.1, 0.15) is 6.92 Å². The summed E-state index contributed by atoms with van der Waals surface area (Å²) in [6.45, 7) is 16.0. The van der Waals surface area contributed by atoms with Crippen LogP contribution in [0.15, 0.2) is 11.6 Å². The SMILES string of the molecule is CCOC(=C[Si](C)(C)C)O[Si](C)(C)C. The van der Waals surface area contributed by atoms with E-state index < -0.39 is 16.4 Å². The lowest BCUT2D eigenvalue weighted by Crippen LogP contribution is -2.28. The van der Waals surface area contributed by atoms with Gasteiger partial charge in [-0.25, -0.2) is 0 Å². The molecule has 0 aliphatic heterocycles. The first-order chi connectivity index (χ1) is 6.14. The maximum atomic E-state index is 5.87. The predicted molar refractivity (Wildman–Crippen MR) is 67.5 cm³/mol. The molecule has 0 aliphatic carbocycles. The normalized spacial score (nSPS) is 14.1. The highest BCUT2D eigenvalue weighted by molar-refractivity contribution is 6.81. The third-order valence-electron chi connectivity index (χ3n) is 1.24. The van der Waals surface area contributed by atoms with Crippen molar-refractivity contribution >= 4 is 16.4 Å². The maximum absolute atomic E-state index is 5.87. The average molecular weight is 232 g/mol. The second kappa shape index (κ2) is 5.02. The first-order valence-corrected chi connectivity index (χ1v) is 12.2. The van der Waals surface area contributed by atoms with Crippen LogP contribution in [0.3, 0.4) is 0 Å². The van der Waals surface area contributed by atoms with Crippen LogP contribution < -0.4 is 0 Å². The molecule has 0 rings (SSSR count). The van der Waals surface area contributed by atoms with Crippen molar-refractivity contribution < 1.29 is 9.16 Å².